The van der Waals surface area contributed by atoms with Crippen molar-refractivity contribution in [2.24, 2.45) is 0 Å². The summed E-state index contributed by atoms with van der Waals surface area (Å²) in [6, 6.07) is 10.8. The van der Waals surface area contributed by atoms with Gasteiger partial charge in [-0.3, -0.25) is 0 Å². The van der Waals surface area contributed by atoms with Gasteiger partial charge in [0, 0.05) is 10.9 Å². The smallest absolute Gasteiger partial charge is 0.123 e. The summed E-state index contributed by atoms with van der Waals surface area (Å²) >= 11 is 1.64. The van der Waals surface area contributed by atoms with Crippen LogP contribution in [0.3, 0.4) is 0 Å². The van der Waals surface area contributed by atoms with E-state index in [-0.39, 0.29) is 5.41 Å². The van der Waals surface area contributed by atoms with Gasteiger partial charge in [-0.2, -0.15) is 5.26 Å². The summed E-state index contributed by atoms with van der Waals surface area (Å²) in [5.74, 6) is 0. The summed E-state index contributed by atoms with van der Waals surface area (Å²) in [5.41, 5.74) is 3.07. The molecule has 3 rings (SSSR count). The average molecular weight is 254 g/mol. The maximum Gasteiger partial charge on any atom is 0.123 e. The molecule has 0 aliphatic heterocycles. The van der Waals surface area contributed by atoms with Gasteiger partial charge >= 0.3 is 0 Å². The summed E-state index contributed by atoms with van der Waals surface area (Å²) < 4.78 is 0. The zero-order valence-corrected chi connectivity index (χ0v) is 11.1. The number of hydrogen-bond donors (Lipinski definition) is 0. The number of benzene rings is 1. The Hall–Kier alpha value is -1.66. The third-order valence-electron chi connectivity index (χ3n) is 3.71. The number of aromatic nitrogens is 1. The van der Waals surface area contributed by atoms with Crippen LogP contribution in [0.4, 0.5) is 0 Å². The molecule has 3 heteroatoms. The van der Waals surface area contributed by atoms with Crippen LogP contribution in [0.2, 0.25) is 0 Å². The van der Waals surface area contributed by atoms with Gasteiger partial charge in [-0.05, 0) is 26.2 Å². The van der Waals surface area contributed by atoms with Gasteiger partial charge in [0.2, 0.25) is 0 Å². The lowest BCUT2D eigenvalue weighted by atomic mass is 9.68. The van der Waals surface area contributed by atoms with Crippen molar-refractivity contribution in [3.8, 4) is 16.6 Å². The molecular formula is C15H14N2S. The largest absolute Gasteiger partial charge is 0.239 e. The first-order valence-corrected chi connectivity index (χ1v) is 7.06. The van der Waals surface area contributed by atoms with E-state index in [9.17, 15) is 5.26 Å². The number of nitriles is 1. The molecule has 1 aliphatic rings. The first-order chi connectivity index (χ1) is 8.73. The second kappa shape index (κ2) is 4.22. The molecule has 0 unspecified atom stereocenters. The maximum absolute atomic E-state index is 9.32. The zero-order chi connectivity index (χ0) is 12.6. The molecule has 0 atom stereocenters. The Balaban J connectivity index is 1.95. The lowest BCUT2D eigenvalue weighted by molar-refractivity contribution is 0.317. The van der Waals surface area contributed by atoms with Crippen molar-refractivity contribution in [1.82, 2.24) is 4.98 Å². The summed E-state index contributed by atoms with van der Waals surface area (Å²) in [5, 5.41) is 12.4. The molecule has 1 saturated carbocycles. The van der Waals surface area contributed by atoms with Gasteiger partial charge in [-0.25, -0.2) is 4.98 Å². The molecule has 1 aliphatic carbocycles. The molecule has 18 heavy (non-hydrogen) atoms. The van der Waals surface area contributed by atoms with E-state index in [4.69, 9.17) is 0 Å². The van der Waals surface area contributed by atoms with Gasteiger partial charge in [-0.1, -0.05) is 29.8 Å². The molecule has 1 fully saturated rings. The van der Waals surface area contributed by atoms with Crippen LogP contribution in [0.1, 0.15) is 30.5 Å². The number of aryl methyl sites for hydroxylation is 1. The van der Waals surface area contributed by atoms with E-state index in [1.165, 1.54) is 5.56 Å². The number of thiazole rings is 1. The fraction of sp³-hybridized carbons (Fsp3) is 0.333. The van der Waals surface area contributed by atoms with Crippen molar-refractivity contribution in [3.63, 3.8) is 0 Å². The molecule has 2 aromatic rings. The lowest BCUT2D eigenvalue weighted by Gasteiger charge is -2.33. The van der Waals surface area contributed by atoms with Crippen molar-refractivity contribution in [1.29, 1.82) is 5.26 Å². The predicted molar refractivity (Wildman–Crippen MR) is 73.4 cm³/mol. The van der Waals surface area contributed by atoms with Gasteiger partial charge in [0.1, 0.15) is 10.4 Å². The summed E-state index contributed by atoms with van der Waals surface area (Å²) in [6.07, 6.45) is 3.06. The standard InChI is InChI=1S/C15H14N2S/c1-11-3-5-12(6-4-11)14-17-13(9-18-14)15(10-16)7-2-8-15/h3-6,9H,2,7-8H2,1H3. The average Bonchev–Trinajstić information content (AvgIpc) is 2.79. The number of nitrogens with zero attached hydrogens (tertiary/aromatic N) is 2. The highest BCUT2D eigenvalue weighted by molar-refractivity contribution is 7.13. The molecule has 0 bridgehead atoms. The van der Waals surface area contributed by atoms with Crippen LogP contribution in [-0.4, -0.2) is 4.98 Å². The molecule has 2 nitrogen and oxygen atoms in total. The van der Waals surface area contributed by atoms with Crippen molar-refractivity contribution in [2.75, 3.05) is 0 Å². The van der Waals surface area contributed by atoms with Crippen molar-refractivity contribution in [2.45, 2.75) is 31.6 Å². The first kappa shape index (κ1) is 11.4. The molecule has 1 aromatic carbocycles. The van der Waals surface area contributed by atoms with E-state index in [0.29, 0.717) is 0 Å². The van der Waals surface area contributed by atoms with Crippen molar-refractivity contribution in [3.05, 3.63) is 40.9 Å². The van der Waals surface area contributed by atoms with Gasteiger partial charge in [0.25, 0.3) is 0 Å². The summed E-state index contributed by atoms with van der Waals surface area (Å²) in [7, 11) is 0. The predicted octanol–water partition coefficient (Wildman–Crippen LogP) is 4.06. The quantitative estimate of drug-likeness (QED) is 0.810. The fourth-order valence-corrected chi connectivity index (χ4v) is 3.20. The minimum atomic E-state index is -0.292. The minimum Gasteiger partial charge on any atom is -0.239 e. The Kier molecular flexibility index (Phi) is 2.68. The Morgan fingerprint density at radius 2 is 2.00 bits per heavy atom. The van der Waals surface area contributed by atoms with Gasteiger partial charge in [0.05, 0.1) is 11.8 Å². The first-order valence-electron chi connectivity index (χ1n) is 6.18. The van der Waals surface area contributed by atoms with E-state index in [0.717, 1.165) is 35.5 Å². The van der Waals surface area contributed by atoms with E-state index < -0.39 is 0 Å². The Morgan fingerprint density at radius 1 is 1.28 bits per heavy atom. The fourth-order valence-electron chi connectivity index (χ4n) is 2.28. The van der Waals surface area contributed by atoms with E-state index >= 15 is 0 Å². The Bertz CT molecular complexity index is 600. The zero-order valence-electron chi connectivity index (χ0n) is 10.3. The second-order valence-corrected chi connectivity index (χ2v) is 5.81. The highest BCUT2D eigenvalue weighted by Gasteiger charge is 2.41. The monoisotopic (exact) mass is 254 g/mol. The van der Waals surface area contributed by atoms with Crippen LogP contribution in [0, 0.1) is 18.3 Å². The lowest BCUT2D eigenvalue weighted by Crippen LogP contribution is -2.32. The van der Waals surface area contributed by atoms with Crippen LogP contribution in [0.15, 0.2) is 29.6 Å². The molecule has 0 amide bonds. The van der Waals surface area contributed by atoms with E-state index in [1.807, 2.05) is 0 Å². The summed E-state index contributed by atoms with van der Waals surface area (Å²) in [6.45, 7) is 2.08. The van der Waals surface area contributed by atoms with Gasteiger partial charge in [-0.15, -0.1) is 11.3 Å². The number of hydrogen-bond acceptors (Lipinski definition) is 3. The van der Waals surface area contributed by atoms with Crippen molar-refractivity contribution < 1.29 is 0 Å². The normalized spacial score (nSPS) is 16.9. The highest BCUT2D eigenvalue weighted by Crippen LogP contribution is 2.44. The molecule has 0 saturated heterocycles. The van der Waals surface area contributed by atoms with Crippen LogP contribution in [0.5, 0.6) is 0 Å². The maximum atomic E-state index is 9.32. The molecule has 90 valence electrons. The topological polar surface area (TPSA) is 36.7 Å². The molecule has 0 radical (unpaired) electrons. The van der Waals surface area contributed by atoms with Crippen LogP contribution >= 0.6 is 11.3 Å². The molecule has 1 aromatic heterocycles. The Labute approximate surface area is 111 Å². The highest BCUT2D eigenvalue weighted by atomic mass is 32.1. The molecular weight excluding hydrogens is 240 g/mol. The third kappa shape index (κ3) is 1.74. The minimum absolute atomic E-state index is 0.292. The SMILES string of the molecule is Cc1ccc(-c2nc(C3(C#N)CCC3)cs2)cc1. The summed E-state index contributed by atoms with van der Waals surface area (Å²) in [4.78, 5) is 4.67. The van der Waals surface area contributed by atoms with E-state index in [2.05, 4.69) is 47.6 Å². The second-order valence-electron chi connectivity index (χ2n) is 4.95. The van der Waals surface area contributed by atoms with Crippen LogP contribution < -0.4 is 0 Å². The van der Waals surface area contributed by atoms with Gasteiger partial charge in [0.15, 0.2) is 0 Å². The van der Waals surface area contributed by atoms with Gasteiger partial charge < -0.3 is 0 Å². The molecule has 0 N–H and O–H groups in total. The van der Waals surface area contributed by atoms with Crippen LogP contribution in [0.25, 0.3) is 10.6 Å². The molecule has 1 heterocycles. The number of rotatable bonds is 2. The molecule has 0 spiro atoms. The Morgan fingerprint density at radius 3 is 2.56 bits per heavy atom. The van der Waals surface area contributed by atoms with E-state index in [1.54, 1.807) is 11.3 Å². The van der Waals surface area contributed by atoms with Crippen molar-refractivity contribution >= 4 is 11.3 Å². The third-order valence-corrected chi connectivity index (χ3v) is 4.61. The van der Waals surface area contributed by atoms with Crippen LogP contribution in [-0.2, 0) is 5.41 Å².